The van der Waals surface area contributed by atoms with Crippen LogP contribution in [0.2, 0.25) is 0 Å². The summed E-state index contributed by atoms with van der Waals surface area (Å²) in [6.07, 6.45) is 0.141. The van der Waals surface area contributed by atoms with Crippen LogP contribution in [0.25, 0.3) is 0 Å². The number of nitrogens with zero attached hydrogens (tertiary/aromatic N) is 1. The van der Waals surface area contributed by atoms with Crippen LogP contribution in [0.5, 0.6) is 5.75 Å². The zero-order chi connectivity index (χ0) is 18.7. The average Bonchev–Trinajstić information content (AvgIpc) is 3.04. The van der Waals surface area contributed by atoms with Crippen molar-refractivity contribution in [1.29, 1.82) is 0 Å². The maximum absolute atomic E-state index is 12.5. The zero-order valence-electron chi connectivity index (χ0n) is 14.3. The summed E-state index contributed by atoms with van der Waals surface area (Å²) in [5.41, 5.74) is 6.81. The number of carbonyl (C=O) groups is 3. The van der Waals surface area contributed by atoms with Gasteiger partial charge < -0.3 is 20.7 Å². The van der Waals surface area contributed by atoms with Gasteiger partial charge in [0.05, 0.1) is 13.0 Å². The van der Waals surface area contributed by atoms with E-state index < -0.39 is 11.8 Å². The molecule has 3 rings (SSSR count). The molecule has 2 aromatic carbocycles. The monoisotopic (exact) mass is 353 g/mol. The predicted molar refractivity (Wildman–Crippen MR) is 97.0 cm³/mol. The van der Waals surface area contributed by atoms with E-state index in [2.05, 4.69) is 5.32 Å². The Morgan fingerprint density at radius 1 is 1.19 bits per heavy atom. The fraction of sp³-hybridized carbons (Fsp3) is 0.211. The van der Waals surface area contributed by atoms with E-state index in [4.69, 9.17) is 10.5 Å². The third-order valence-electron chi connectivity index (χ3n) is 4.30. The third-order valence-corrected chi connectivity index (χ3v) is 4.30. The summed E-state index contributed by atoms with van der Waals surface area (Å²) < 4.78 is 5.18. The second-order valence-electron chi connectivity index (χ2n) is 6.04. The minimum Gasteiger partial charge on any atom is -0.497 e. The first-order valence-electron chi connectivity index (χ1n) is 8.13. The van der Waals surface area contributed by atoms with Gasteiger partial charge in [0.25, 0.3) is 0 Å². The van der Waals surface area contributed by atoms with Crippen LogP contribution in [0.15, 0.2) is 48.5 Å². The summed E-state index contributed by atoms with van der Waals surface area (Å²) in [6.45, 7) is 0.303. The molecule has 1 saturated heterocycles. The lowest BCUT2D eigenvalue weighted by Gasteiger charge is -2.17. The van der Waals surface area contributed by atoms with Gasteiger partial charge in [-0.2, -0.15) is 0 Å². The van der Waals surface area contributed by atoms with Crippen LogP contribution in [-0.4, -0.2) is 31.4 Å². The first kappa shape index (κ1) is 17.5. The van der Waals surface area contributed by atoms with Gasteiger partial charge in [0.1, 0.15) is 5.75 Å². The third kappa shape index (κ3) is 3.66. The summed E-state index contributed by atoms with van der Waals surface area (Å²) in [6, 6.07) is 13.5. The first-order valence-corrected chi connectivity index (χ1v) is 8.13. The SMILES string of the molecule is COc1cccc(N2C[C@H](C(=O)Nc3ccc(C(N)=O)cc3)CC2=O)c1. The summed E-state index contributed by atoms with van der Waals surface area (Å²) in [7, 11) is 1.56. The van der Waals surface area contributed by atoms with E-state index in [0.717, 1.165) is 0 Å². The quantitative estimate of drug-likeness (QED) is 0.855. The van der Waals surface area contributed by atoms with Gasteiger partial charge in [-0.25, -0.2) is 0 Å². The zero-order valence-corrected chi connectivity index (χ0v) is 14.3. The lowest BCUT2D eigenvalue weighted by Crippen LogP contribution is -2.28. The number of hydrogen-bond donors (Lipinski definition) is 2. The standard InChI is InChI=1S/C19H19N3O4/c1-26-16-4-2-3-15(10-16)22-11-13(9-17(22)23)19(25)21-14-7-5-12(6-8-14)18(20)24/h2-8,10,13H,9,11H2,1H3,(H2,20,24)(H,21,25)/t13-/m1/s1. The number of nitrogens with two attached hydrogens (primary N) is 1. The Morgan fingerprint density at radius 3 is 2.58 bits per heavy atom. The smallest absolute Gasteiger partial charge is 0.248 e. The molecule has 0 spiro atoms. The minimum atomic E-state index is -0.529. The van der Waals surface area contributed by atoms with Crippen LogP contribution in [0.1, 0.15) is 16.8 Å². The van der Waals surface area contributed by atoms with Crippen LogP contribution < -0.4 is 20.7 Å². The molecule has 3 amide bonds. The molecule has 0 bridgehead atoms. The van der Waals surface area contributed by atoms with Crippen molar-refractivity contribution in [2.24, 2.45) is 11.7 Å². The number of ether oxygens (including phenoxy) is 1. The van der Waals surface area contributed by atoms with Crippen molar-refractivity contribution in [3.05, 3.63) is 54.1 Å². The van der Waals surface area contributed by atoms with Crippen molar-refractivity contribution in [1.82, 2.24) is 0 Å². The van der Waals surface area contributed by atoms with Gasteiger partial charge in [0.2, 0.25) is 17.7 Å². The summed E-state index contributed by atoms with van der Waals surface area (Å²) in [5, 5.41) is 2.77. The van der Waals surface area contributed by atoms with Crippen LogP contribution in [-0.2, 0) is 9.59 Å². The minimum absolute atomic E-state index is 0.109. The van der Waals surface area contributed by atoms with E-state index in [0.29, 0.717) is 29.2 Å². The second kappa shape index (κ2) is 7.26. The molecule has 2 aromatic rings. The van der Waals surface area contributed by atoms with Crippen LogP contribution in [0.3, 0.4) is 0 Å². The predicted octanol–water partition coefficient (Wildman–Crippen LogP) is 1.79. The van der Waals surface area contributed by atoms with E-state index >= 15 is 0 Å². The number of methoxy groups -OCH3 is 1. The normalized spacial score (nSPS) is 16.4. The maximum atomic E-state index is 12.5. The topological polar surface area (TPSA) is 102 Å². The number of amides is 3. The number of nitrogens with one attached hydrogen (secondary N) is 1. The number of hydrogen-bond acceptors (Lipinski definition) is 4. The lowest BCUT2D eigenvalue weighted by molar-refractivity contribution is -0.122. The van der Waals surface area contributed by atoms with Crippen molar-refractivity contribution in [2.45, 2.75) is 6.42 Å². The molecule has 0 aliphatic carbocycles. The summed E-state index contributed by atoms with van der Waals surface area (Å²) in [5.74, 6) is -0.682. The molecule has 1 atom stereocenters. The molecule has 134 valence electrons. The molecule has 1 fully saturated rings. The van der Waals surface area contributed by atoms with Crippen molar-refractivity contribution in [3.63, 3.8) is 0 Å². The molecule has 3 N–H and O–H groups in total. The number of rotatable bonds is 5. The Labute approximate surface area is 150 Å². The highest BCUT2D eigenvalue weighted by atomic mass is 16.5. The Kier molecular flexibility index (Phi) is 4.88. The molecular formula is C19H19N3O4. The van der Waals surface area contributed by atoms with Crippen LogP contribution in [0.4, 0.5) is 11.4 Å². The molecule has 0 radical (unpaired) electrons. The van der Waals surface area contributed by atoms with E-state index in [-0.39, 0.29) is 18.2 Å². The first-order chi connectivity index (χ1) is 12.5. The summed E-state index contributed by atoms with van der Waals surface area (Å²) in [4.78, 5) is 37.5. The van der Waals surface area contributed by atoms with E-state index in [1.807, 2.05) is 6.07 Å². The average molecular weight is 353 g/mol. The molecule has 1 heterocycles. The number of carbonyl (C=O) groups excluding carboxylic acids is 3. The fourth-order valence-electron chi connectivity index (χ4n) is 2.87. The molecular weight excluding hydrogens is 334 g/mol. The molecule has 26 heavy (non-hydrogen) atoms. The van der Waals surface area contributed by atoms with Gasteiger partial charge in [-0.3, -0.25) is 14.4 Å². The van der Waals surface area contributed by atoms with Gasteiger partial charge in [-0.1, -0.05) is 6.07 Å². The van der Waals surface area contributed by atoms with E-state index in [9.17, 15) is 14.4 Å². The summed E-state index contributed by atoms with van der Waals surface area (Å²) >= 11 is 0. The van der Waals surface area contributed by atoms with E-state index in [1.165, 1.54) is 0 Å². The Bertz CT molecular complexity index is 848. The van der Waals surface area contributed by atoms with Crippen molar-refractivity contribution in [2.75, 3.05) is 23.9 Å². The number of anilines is 2. The van der Waals surface area contributed by atoms with E-state index in [1.54, 1.807) is 54.5 Å². The lowest BCUT2D eigenvalue weighted by atomic mass is 10.1. The molecule has 7 nitrogen and oxygen atoms in total. The highest BCUT2D eigenvalue weighted by Gasteiger charge is 2.35. The Hall–Kier alpha value is -3.35. The molecule has 1 aliphatic heterocycles. The van der Waals surface area contributed by atoms with Gasteiger partial charge in [-0.15, -0.1) is 0 Å². The van der Waals surface area contributed by atoms with Crippen LogP contribution in [0, 0.1) is 5.92 Å². The Morgan fingerprint density at radius 2 is 1.92 bits per heavy atom. The van der Waals surface area contributed by atoms with Gasteiger partial charge in [0, 0.05) is 36.0 Å². The van der Waals surface area contributed by atoms with Gasteiger partial charge in [-0.05, 0) is 36.4 Å². The molecule has 0 unspecified atom stereocenters. The number of benzene rings is 2. The fourth-order valence-corrected chi connectivity index (χ4v) is 2.87. The second-order valence-corrected chi connectivity index (χ2v) is 6.04. The maximum Gasteiger partial charge on any atom is 0.248 e. The molecule has 1 aliphatic rings. The largest absolute Gasteiger partial charge is 0.497 e. The molecule has 0 saturated carbocycles. The van der Waals surface area contributed by atoms with Gasteiger partial charge >= 0.3 is 0 Å². The Balaban J connectivity index is 1.67. The van der Waals surface area contributed by atoms with Crippen molar-refractivity contribution in [3.8, 4) is 5.75 Å². The molecule has 0 aromatic heterocycles. The highest BCUT2D eigenvalue weighted by molar-refractivity contribution is 6.03. The molecule has 7 heteroatoms. The number of primary amides is 1. The van der Waals surface area contributed by atoms with Crippen molar-refractivity contribution < 1.29 is 19.1 Å². The van der Waals surface area contributed by atoms with Crippen molar-refractivity contribution >= 4 is 29.1 Å². The van der Waals surface area contributed by atoms with Gasteiger partial charge in [0.15, 0.2) is 0 Å². The highest BCUT2D eigenvalue weighted by Crippen LogP contribution is 2.28. The van der Waals surface area contributed by atoms with Crippen LogP contribution >= 0.6 is 0 Å².